The first-order chi connectivity index (χ1) is 12.3. The van der Waals surface area contributed by atoms with Crippen molar-refractivity contribution in [1.82, 2.24) is 19.9 Å². The molecule has 6 nitrogen and oxygen atoms in total. The SMILES string of the molecule is O=C(NCc1csc2c1CCCC2)c1cnn2cc(CCO)cnc12. The van der Waals surface area contributed by atoms with Gasteiger partial charge in [-0.2, -0.15) is 5.10 Å². The number of carbonyl (C=O) groups is 1. The average Bonchev–Trinajstić information content (AvgIpc) is 3.24. The third-order valence-electron chi connectivity index (χ3n) is 4.64. The number of hydrogen-bond donors (Lipinski definition) is 2. The van der Waals surface area contributed by atoms with Crippen molar-refractivity contribution in [3.63, 3.8) is 0 Å². The van der Waals surface area contributed by atoms with Crippen LogP contribution in [-0.2, 0) is 25.8 Å². The number of aliphatic hydroxyl groups is 1. The summed E-state index contributed by atoms with van der Waals surface area (Å²) in [6.07, 6.45) is 10.3. The second-order valence-corrected chi connectivity index (χ2v) is 7.28. The lowest BCUT2D eigenvalue weighted by Gasteiger charge is -2.13. The topological polar surface area (TPSA) is 79.5 Å². The lowest BCUT2D eigenvalue weighted by Crippen LogP contribution is -2.23. The highest BCUT2D eigenvalue weighted by Gasteiger charge is 2.18. The molecule has 2 N–H and O–H groups in total. The van der Waals surface area contributed by atoms with Gasteiger partial charge in [-0.15, -0.1) is 11.3 Å². The standard InChI is InChI=1S/C18H20N4O2S/c23-6-5-12-7-19-17-15(9-21-22(17)10-12)18(24)20-8-13-11-25-16-4-2-1-3-14(13)16/h7,9-11,23H,1-6,8H2,(H,20,24). The summed E-state index contributed by atoms with van der Waals surface area (Å²) < 4.78 is 1.59. The van der Waals surface area contributed by atoms with Crippen LogP contribution in [0.5, 0.6) is 0 Å². The predicted octanol–water partition coefficient (Wildman–Crippen LogP) is 2.13. The molecule has 1 aliphatic carbocycles. The smallest absolute Gasteiger partial charge is 0.257 e. The fourth-order valence-corrected chi connectivity index (χ4v) is 4.46. The first kappa shape index (κ1) is 16.2. The van der Waals surface area contributed by atoms with E-state index in [1.54, 1.807) is 23.1 Å². The van der Waals surface area contributed by atoms with Gasteiger partial charge in [-0.1, -0.05) is 0 Å². The molecule has 0 fully saturated rings. The monoisotopic (exact) mass is 356 g/mol. The van der Waals surface area contributed by atoms with Gasteiger partial charge in [-0.3, -0.25) is 4.79 Å². The van der Waals surface area contributed by atoms with Gasteiger partial charge in [-0.25, -0.2) is 9.50 Å². The summed E-state index contributed by atoms with van der Waals surface area (Å²) in [7, 11) is 0. The van der Waals surface area contributed by atoms with Crippen LogP contribution >= 0.6 is 11.3 Å². The lowest BCUT2D eigenvalue weighted by molar-refractivity contribution is 0.0952. The summed E-state index contributed by atoms with van der Waals surface area (Å²) in [6.45, 7) is 0.608. The third-order valence-corrected chi connectivity index (χ3v) is 5.78. The molecule has 1 amide bonds. The highest BCUT2D eigenvalue weighted by atomic mass is 32.1. The Morgan fingerprint density at radius 1 is 1.32 bits per heavy atom. The van der Waals surface area contributed by atoms with E-state index in [1.165, 1.54) is 35.3 Å². The number of aromatic nitrogens is 3. The number of nitrogens with zero attached hydrogens (tertiary/aromatic N) is 3. The molecule has 0 saturated heterocycles. The van der Waals surface area contributed by atoms with E-state index >= 15 is 0 Å². The first-order valence-corrected chi connectivity index (χ1v) is 9.43. The van der Waals surface area contributed by atoms with Gasteiger partial charge in [0.05, 0.1) is 6.20 Å². The van der Waals surface area contributed by atoms with Crippen molar-refractivity contribution in [2.24, 2.45) is 0 Å². The highest BCUT2D eigenvalue weighted by molar-refractivity contribution is 7.10. The van der Waals surface area contributed by atoms with Crippen molar-refractivity contribution in [2.45, 2.75) is 38.6 Å². The van der Waals surface area contributed by atoms with Crippen LogP contribution in [0, 0.1) is 0 Å². The Hall–Kier alpha value is -2.25. The maximum Gasteiger partial charge on any atom is 0.257 e. The van der Waals surface area contributed by atoms with Gasteiger partial charge in [-0.05, 0) is 54.2 Å². The number of hydrogen-bond acceptors (Lipinski definition) is 5. The molecule has 25 heavy (non-hydrogen) atoms. The van der Waals surface area contributed by atoms with E-state index in [9.17, 15) is 4.79 Å². The molecule has 0 atom stereocenters. The molecular weight excluding hydrogens is 336 g/mol. The molecule has 0 aromatic carbocycles. The minimum atomic E-state index is -0.159. The Morgan fingerprint density at radius 3 is 3.08 bits per heavy atom. The fourth-order valence-electron chi connectivity index (χ4n) is 3.31. The van der Waals surface area contributed by atoms with Crippen molar-refractivity contribution in [3.05, 3.63) is 51.1 Å². The predicted molar refractivity (Wildman–Crippen MR) is 95.9 cm³/mol. The van der Waals surface area contributed by atoms with Gasteiger partial charge in [0.15, 0.2) is 5.65 Å². The Balaban J connectivity index is 1.49. The molecule has 0 unspecified atom stereocenters. The quantitative estimate of drug-likeness (QED) is 0.734. The van der Waals surface area contributed by atoms with E-state index in [0.717, 1.165) is 12.0 Å². The van der Waals surface area contributed by atoms with Crippen molar-refractivity contribution < 1.29 is 9.90 Å². The normalized spacial score (nSPS) is 13.8. The van der Waals surface area contributed by atoms with Crippen LogP contribution in [0.3, 0.4) is 0 Å². The zero-order valence-electron chi connectivity index (χ0n) is 13.9. The molecule has 0 bridgehead atoms. The Bertz CT molecular complexity index is 915. The van der Waals surface area contributed by atoms with Gasteiger partial charge in [0.2, 0.25) is 0 Å². The molecule has 3 aromatic heterocycles. The van der Waals surface area contributed by atoms with Gasteiger partial charge >= 0.3 is 0 Å². The molecule has 3 aromatic rings. The Morgan fingerprint density at radius 2 is 2.20 bits per heavy atom. The van der Waals surface area contributed by atoms with Crippen molar-refractivity contribution >= 4 is 22.9 Å². The van der Waals surface area contributed by atoms with Crippen molar-refractivity contribution in [3.8, 4) is 0 Å². The van der Waals surface area contributed by atoms with E-state index in [0.29, 0.717) is 24.2 Å². The molecule has 0 radical (unpaired) electrons. The lowest BCUT2D eigenvalue weighted by atomic mass is 9.96. The van der Waals surface area contributed by atoms with Gasteiger partial charge in [0, 0.05) is 30.4 Å². The minimum Gasteiger partial charge on any atom is -0.396 e. The molecule has 0 aliphatic heterocycles. The number of nitrogens with one attached hydrogen (secondary N) is 1. The van der Waals surface area contributed by atoms with Crippen LogP contribution in [-0.4, -0.2) is 32.2 Å². The summed E-state index contributed by atoms with van der Waals surface area (Å²) in [5, 5.41) is 18.4. The first-order valence-electron chi connectivity index (χ1n) is 8.55. The molecule has 7 heteroatoms. The van der Waals surface area contributed by atoms with E-state index in [1.807, 2.05) is 11.3 Å². The van der Waals surface area contributed by atoms with Crippen LogP contribution in [0.4, 0.5) is 0 Å². The maximum atomic E-state index is 12.6. The fraction of sp³-hybridized carbons (Fsp3) is 0.389. The summed E-state index contributed by atoms with van der Waals surface area (Å²) >= 11 is 1.81. The number of amides is 1. The molecule has 4 rings (SSSR count). The molecule has 0 spiro atoms. The van der Waals surface area contributed by atoms with Crippen molar-refractivity contribution in [1.29, 1.82) is 0 Å². The van der Waals surface area contributed by atoms with Crippen LogP contribution < -0.4 is 5.32 Å². The van der Waals surface area contributed by atoms with Crippen LogP contribution in [0.2, 0.25) is 0 Å². The van der Waals surface area contributed by atoms with Crippen LogP contribution in [0.15, 0.2) is 24.0 Å². The molecule has 0 saturated carbocycles. The Kier molecular flexibility index (Phi) is 4.50. The number of aliphatic hydroxyl groups excluding tert-OH is 1. The summed E-state index contributed by atoms with van der Waals surface area (Å²) in [5.41, 5.74) is 4.56. The van der Waals surface area contributed by atoms with Crippen LogP contribution in [0.1, 0.15) is 44.8 Å². The highest BCUT2D eigenvalue weighted by Crippen LogP contribution is 2.30. The second kappa shape index (κ2) is 6.93. The molecule has 130 valence electrons. The van der Waals surface area contributed by atoms with Gasteiger partial charge in [0.25, 0.3) is 5.91 Å². The number of rotatable bonds is 5. The van der Waals surface area contributed by atoms with E-state index < -0.39 is 0 Å². The molecule has 1 aliphatic rings. The van der Waals surface area contributed by atoms with Crippen LogP contribution in [0.25, 0.3) is 5.65 Å². The average molecular weight is 356 g/mol. The summed E-state index contributed by atoms with van der Waals surface area (Å²) in [6, 6.07) is 0. The molecule has 3 heterocycles. The number of aryl methyl sites for hydroxylation is 1. The number of carbonyl (C=O) groups excluding carboxylic acids is 1. The zero-order valence-corrected chi connectivity index (χ0v) is 14.7. The van der Waals surface area contributed by atoms with E-state index in [4.69, 9.17) is 5.11 Å². The van der Waals surface area contributed by atoms with E-state index in [-0.39, 0.29) is 12.5 Å². The maximum absolute atomic E-state index is 12.6. The number of fused-ring (bicyclic) bond motifs is 2. The summed E-state index contributed by atoms with van der Waals surface area (Å²) in [5.74, 6) is -0.159. The largest absolute Gasteiger partial charge is 0.396 e. The van der Waals surface area contributed by atoms with E-state index in [2.05, 4.69) is 20.8 Å². The zero-order chi connectivity index (χ0) is 17.2. The number of thiophene rings is 1. The third kappa shape index (κ3) is 3.17. The molecular formula is C18H20N4O2S. The Labute approximate surface area is 149 Å². The summed E-state index contributed by atoms with van der Waals surface area (Å²) in [4.78, 5) is 18.4. The van der Waals surface area contributed by atoms with Gasteiger partial charge in [0.1, 0.15) is 5.56 Å². The van der Waals surface area contributed by atoms with Gasteiger partial charge < -0.3 is 10.4 Å². The second-order valence-electron chi connectivity index (χ2n) is 6.31. The minimum absolute atomic E-state index is 0.0623. The van der Waals surface area contributed by atoms with Crippen molar-refractivity contribution in [2.75, 3.05) is 6.61 Å².